The second-order valence-electron chi connectivity index (χ2n) is 6.91. The van der Waals surface area contributed by atoms with Gasteiger partial charge in [-0.25, -0.2) is 0 Å². The van der Waals surface area contributed by atoms with Gasteiger partial charge in [-0.2, -0.15) is 0 Å². The van der Waals surface area contributed by atoms with E-state index in [1.807, 2.05) is 40.1 Å². The van der Waals surface area contributed by atoms with Crippen LogP contribution in [0.25, 0.3) is 0 Å². The van der Waals surface area contributed by atoms with E-state index in [4.69, 9.17) is 11.6 Å². The van der Waals surface area contributed by atoms with Gasteiger partial charge < -0.3 is 9.80 Å². The largest absolute Gasteiger partial charge is 0.339 e. The van der Waals surface area contributed by atoms with Crippen LogP contribution in [-0.2, 0) is 11.2 Å². The predicted octanol–water partition coefficient (Wildman–Crippen LogP) is 3.78. The van der Waals surface area contributed by atoms with Crippen LogP contribution in [0.4, 0.5) is 5.69 Å². The molecule has 0 bridgehead atoms. The van der Waals surface area contributed by atoms with Crippen molar-refractivity contribution in [3.05, 3.63) is 64.7 Å². The SMILES string of the molecule is O=C(c1ccccc1Cl)N1CCC(C(=O)N2CCc3ccccc32)CC1. The third-order valence-electron chi connectivity index (χ3n) is 5.39. The molecule has 2 aromatic carbocycles. The number of nitrogens with zero attached hydrogens (tertiary/aromatic N) is 2. The topological polar surface area (TPSA) is 40.6 Å². The summed E-state index contributed by atoms with van der Waals surface area (Å²) in [4.78, 5) is 29.4. The first kappa shape index (κ1) is 17.1. The Hall–Kier alpha value is -2.33. The molecule has 0 saturated carbocycles. The number of carbonyl (C=O) groups is 2. The van der Waals surface area contributed by atoms with Crippen LogP contribution in [0.1, 0.15) is 28.8 Å². The molecule has 1 saturated heterocycles. The van der Waals surface area contributed by atoms with Crippen LogP contribution in [0.15, 0.2) is 48.5 Å². The second kappa shape index (κ2) is 7.12. The molecule has 0 unspecified atom stereocenters. The maximum Gasteiger partial charge on any atom is 0.255 e. The first-order valence-corrected chi connectivity index (χ1v) is 9.46. The van der Waals surface area contributed by atoms with Crippen molar-refractivity contribution >= 4 is 29.1 Å². The molecular weight excluding hydrogens is 348 g/mol. The average molecular weight is 369 g/mol. The minimum atomic E-state index is -0.0481. The molecule has 1 fully saturated rings. The van der Waals surface area contributed by atoms with Crippen LogP contribution in [0.5, 0.6) is 0 Å². The third kappa shape index (κ3) is 3.10. The van der Waals surface area contributed by atoms with E-state index in [0.717, 1.165) is 18.7 Å². The summed E-state index contributed by atoms with van der Waals surface area (Å²) in [5.41, 5.74) is 2.83. The van der Waals surface area contributed by atoms with Crippen molar-refractivity contribution in [3.8, 4) is 0 Å². The number of hydrogen-bond acceptors (Lipinski definition) is 2. The van der Waals surface area contributed by atoms with E-state index in [0.29, 0.717) is 36.5 Å². The lowest BCUT2D eigenvalue weighted by molar-refractivity contribution is -0.123. The number of para-hydroxylation sites is 1. The van der Waals surface area contributed by atoms with Crippen molar-refractivity contribution in [1.82, 2.24) is 4.90 Å². The summed E-state index contributed by atoms with van der Waals surface area (Å²) in [5.74, 6) is 0.129. The zero-order valence-corrected chi connectivity index (χ0v) is 15.3. The number of carbonyl (C=O) groups excluding carboxylic acids is 2. The smallest absolute Gasteiger partial charge is 0.255 e. The van der Waals surface area contributed by atoms with Crippen LogP contribution < -0.4 is 4.90 Å². The van der Waals surface area contributed by atoms with Crippen LogP contribution in [-0.4, -0.2) is 36.3 Å². The normalized spacial score (nSPS) is 17.3. The Labute approximate surface area is 158 Å². The van der Waals surface area contributed by atoms with Crippen LogP contribution >= 0.6 is 11.6 Å². The van der Waals surface area contributed by atoms with Gasteiger partial charge in [0, 0.05) is 31.2 Å². The van der Waals surface area contributed by atoms with Gasteiger partial charge in [0.15, 0.2) is 0 Å². The number of likely N-dealkylation sites (tertiary alicyclic amines) is 1. The summed E-state index contributed by atoms with van der Waals surface area (Å²) in [6.45, 7) is 1.95. The predicted molar refractivity (Wildman–Crippen MR) is 103 cm³/mol. The van der Waals surface area contributed by atoms with Crippen molar-refractivity contribution in [2.75, 3.05) is 24.5 Å². The van der Waals surface area contributed by atoms with Crippen molar-refractivity contribution in [1.29, 1.82) is 0 Å². The minimum absolute atomic E-state index is 0.0172. The van der Waals surface area contributed by atoms with E-state index in [1.54, 1.807) is 12.1 Å². The Kier molecular flexibility index (Phi) is 4.68. The van der Waals surface area contributed by atoms with E-state index >= 15 is 0 Å². The maximum absolute atomic E-state index is 13.0. The first-order valence-electron chi connectivity index (χ1n) is 9.08. The fourth-order valence-corrected chi connectivity index (χ4v) is 4.14. The van der Waals surface area contributed by atoms with E-state index in [-0.39, 0.29) is 17.7 Å². The van der Waals surface area contributed by atoms with E-state index in [9.17, 15) is 9.59 Å². The summed E-state index contributed by atoms with van der Waals surface area (Å²) >= 11 is 6.14. The molecule has 0 spiro atoms. The van der Waals surface area contributed by atoms with Crippen molar-refractivity contribution in [3.63, 3.8) is 0 Å². The molecule has 4 nitrogen and oxygen atoms in total. The quantitative estimate of drug-likeness (QED) is 0.809. The zero-order valence-electron chi connectivity index (χ0n) is 14.5. The van der Waals surface area contributed by atoms with Crippen molar-refractivity contribution in [2.45, 2.75) is 19.3 Å². The summed E-state index contributed by atoms with van der Waals surface area (Å²) in [5, 5.41) is 0.476. The highest BCUT2D eigenvalue weighted by Crippen LogP contribution is 2.31. The highest BCUT2D eigenvalue weighted by atomic mass is 35.5. The fourth-order valence-electron chi connectivity index (χ4n) is 3.92. The van der Waals surface area contributed by atoms with Gasteiger partial charge in [-0.1, -0.05) is 41.9 Å². The van der Waals surface area contributed by atoms with Crippen LogP contribution in [0.3, 0.4) is 0 Å². The number of fused-ring (bicyclic) bond motifs is 1. The summed E-state index contributed by atoms with van der Waals surface area (Å²) in [6, 6.07) is 15.2. The Morgan fingerprint density at radius 1 is 0.923 bits per heavy atom. The molecule has 0 radical (unpaired) electrons. The number of piperidine rings is 1. The van der Waals surface area contributed by atoms with Crippen molar-refractivity contribution in [2.24, 2.45) is 5.92 Å². The molecule has 134 valence electrons. The van der Waals surface area contributed by atoms with E-state index < -0.39 is 0 Å². The molecule has 0 N–H and O–H groups in total. The van der Waals surface area contributed by atoms with E-state index in [2.05, 4.69) is 6.07 Å². The van der Waals surface area contributed by atoms with Gasteiger partial charge in [-0.3, -0.25) is 9.59 Å². The Morgan fingerprint density at radius 3 is 2.38 bits per heavy atom. The summed E-state index contributed by atoms with van der Waals surface area (Å²) < 4.78 is 0. The molecule has 2 heterocycles. The molecule has 5 heteroatoms. The van der Waals surface area contributed by atoms with Gasteiger partial charge in [0.25, 0.3) is 5.91 Å². The van der Waals surface area contributed by atoms with Crippen LogP contribution in [0, 0.1) is 5.92 Å². The molecular formula is C21H21ClN2O2. The number of amides is 2. The van der Waals surface area contributed by atoms with Crippen LogP contribution in [0.2, 0.25) is 5.02 Å². The molecule has 26 heavy (non-hydrogen) atoms. The molecule has 0 aromatic heterocycles. The molecule has 0 aliphatic carbocycles. The van der Waals surface area contributed by atoms with Gasteiger partial charge in [0.05, 0.1) is 10.6 Å². The lowest BCUT2D eigenvalue weighted by Crippen LogP contribution is -2.44. The lowest BCUT2D eigenvalue weighted by Gasteiger charge is -2.33. The Balaban J connectivity index is 1.40. The second-order valence-corrected chi connectivity index (χ2v) is 7.32. The Bertz CT molecular complexity index is 843. The summed E-state index contributed by atoms with van der Waals surface area (Å²) in [7, 11) is 0. The minimum Gasteiger partial charge on any atom is -0.339 e. The third-order valence-corrected chi connectivity index (χ3v) is 5.72. The van der Waals surface area contributed by atoms with Crippen molar-refractivity contribution < 1.29 is 9.59 Å². The van der Waals surface area contributed by atoms with E-state index in [1.165, 1.54) is 5.56 Å². The lowest BCUT2D eigenvalue weighted by atomic mass is 9.94. The molecule has 0 atom stereocenters. The molecule has 2 amide bonds. The molecule has 2 aliphatic heterocycles. The number of halogens is 1. The standard InChI is InChI=1S/C21H21ClN2O2/c22-18-7-3-2-6-17(18)21(26)23-12-9-16(10-13-23)20(25)24-14-11-15-5-1-4-8-19(15)24/h1-8,16H,9-14H2. The number of anilines is 1. The highest BCUT2D eigenvalue weighted by molar-refractivity contribution is 6.33. The zero-order chi connectivity index (χ0) is 18.1. The molecule has 2 aliphatic rings. The first-order chi connectivity index (χ1) is 12.6. The van der Waals surface area contributed by atoms with Gasteiger partial charge >= 0.3 is 0 Å². The molecule has 4 rings (SSSR count). The number of hydrogen-bond donors (Lipinski definition) is 0. The van der Waals surface area contributed by atoms with Gasteiger partial charge in [0.2, 0.25) is 5.91 Å². The van der Waals surface area contributed by atoms with Gasteiger partial charge in [0.1, 0.15) is 0 Å². The fraction of sp³-hybridized carbons (Fsp3) is 0.333. The number of benzene rings is 2. The monoisotopic (exact) mass is 368 g/mol. The average Bonchev–Trinajstić information content (AvgIpc) is 3.11. The highest BCUT2D eigenvalue weighted by Gasteiger charge is 2.33. The maximum atomic E-state index is 13.0. The van der Waals surface area contributed by atoms with Gasteiger partial charge in [-0.05, 0) is 43.0 Å². The Morgan fingerprint density at radius 2 is 1.62 bits per heavy atom. The summed E-state index contributed by atoms with van der Waals surface area (Å²) in [6.07, 6.45) is 2.33. The van der Waals surface area contributed by atoms with Gasteiger partial charge in [-0.15, -0.1) is 0 Å². The molecule has 2 aromatic rings. The number of rotatable bonds is 2.